The van der Waals surface area contributed by atoms with E-state index in [-0.39, 0.29) is 0 Å². The standard InChI is InChI=1S/C8H10N2/c1-2-7-5-9-10(6-7)8-3-4-8/h2,5-6,8H,1,3-4H2. The van der Waals surface area contributed by atoms with Crippen LogP contribution in [0.5, 0.6) is 0 Å². The molecule has 0 atom stereocenters. The van der Waals surface area contributed by atoms with Gasteiger partial charge in [-0.25, -0.2) is 0 Å². The Morgan fingerprint density at radius 3 is 3.00 bits per heavy atom. The first-order valence-corrected chi connectivity index (χ1v) is 3.57. The highest BCUT2D eigenvalue weighted by molar-refractivity contribution is 5.43. The molecule has 1 saturated carbocycles. The topological polar surface area (TPSA) is 17.8 Å². The Morgan fingerprint density at radius 2 is 2.50 bits per heavy atom. The SMILES string of the molecule is C=Cc1cnn(C2CC2)c1. The summed E-state index contributed by atoms with van der Waals surface area (Å²) in [5, 5.41) is 4.19. The minimum absolute atomic E-state index is 0.689. The number of hydrogen-bond donors (Lipinski definition) is 0. The van der Waals surface area contributed by atoms with E-state index in [1.54, 1.807) is 0 Å². The Labute approximate surface area is 60.2 Å². The predicted molar refractivity (Wildman–Crippen MR) is 40.6 cm³/mol. The first-order valence-electron chi connectivity index (χ1n) is 3.57. The van der Waals surface area contributed by atoms with Gasteiger partial charge in [-0.15, -0.1) is 0 Å². The lowest BCUT2D eigenvalue weighted by Gasteiger charge is -1.91. The van der Waals surface area contributed by atoms with Gasteiger partial charge in [0.1, 0.15) is 0 Å². The molecule has 0 saturated heterocycles. The molecule has 0 aromatic carbocycles. The second-order valence-electron chi connectivity index (χ2n) is 2.69. The molecule has 0 radical (unpaired) electrons. The van der Waals surface area contributed by atoms with Gasteiger partial charge in [-0.1, -0.05) is 12.7 Å². The monoisotopic (exact) mass is 134 g/mol. The van der Waals surface area contributed by atoms with Crippen molar-refractivity contribution in [3.05, 3.63) is 24.5 Å². The van der Waals surface area contributed by atoms with Gasteiger partial charge in [0.15, 0.2) is 0 Å². The molecule has 0 amide bonds. The minimum atomic E-state index is 0.689. The van der Waals surface area contributed by atoms with Crippen molar-refractivity contribution in [2.24, 2.45) is 0 Å². The lowest BCUT2D eigenvalue weighted by atomic mass is 10.4. The maximum atomic E-state index is 4.19. The number of rotatable bonds is 2. The molecule has 1 aromatic heterocycles. The molecule has 0 unspecified atom stereocenters. The van der Waals surface area contributed by atoms with E-state index in [0.29, 0.717) is 6.04 Å². The third-order valence-corrected chi connectivity index (χ3v) is 1.78. The Balaban J connectivity index is 2.26. The van der Waals surface area contributed by atoms with E-state index in [2.05, 4.69) is 11.7 Å². The fourth-order valence-corrected chi connectivity index (χ4v) is 0.997. The van der Waals surface area contributed by atoms with Crippen LogP contribution < -0.4 is 0 Å². The van der Waals surface area contributed by atoms with Crippen LogP contribution >= 0.6 is 0 Å². The molecule has 0 spiro atoms. The first-order chi connectivity index (χ1) is 4.90. The predicted octanol–water partition coefficient (Wildman–Crippen LogP) is 1.86. The van der Waals surface area contributed by atoms with Crippen LogP contribution in [-0.4, -0.2) is 9.78 Å². The van der Waals surface area contributed by atoms with Gasteiger partial charge >= 0.3 is 0 Å². The van der Waals surface area contributed by atoms with E-state index >= 15 is 0 Å². The fraction of sp³-hybridized carbons (Fsp3) is 0.375. The van der Waals surface area contributed by atoms with Crippen LogP contribution in [-0.2, 0) is 0 Å². The van der Waals surface area contributed by atoms with E-state index in [4.69, 9.17) is 0 Å². The highest BCUT2D eigenvalue weighted by Gasteiger charge is 2.23. The molecule has 2 heteroatoms. The number of aromatic nitrogens is 2. The van der Waals surface area contributed by atoms with Crippen LogP contribution in [0, 0.1) is 0 Å². The first kappa shape index (κ1) is 5.71. The molecule has 0 N–H and O–H groups in total. The van der Waals surface area contributed by atoms with Crippen LogP contribution in [0.3, 0.4) is 0 Å². The van der Waals surface area contributed by atoms with E-state index in [1.165, 1.54) is 12.8 Å². The molecule has 10 heavy (non-hydrogen) atoms. The molecule has 0 bridgehead atoms. The highest BCUT2D eigenvalue weighted by Crippen LogP contribution is 2.33. The molecule has 1 aromatic rings. The van der Waals surface area contributed by atoms with Crippen molar-refractivity contribution >= 4 is 6.08 Å². The quantitative estimate of drug-likeness (QED) is 0.603. The third kappa shape index (κ3) is 0.856. The minimum Gasteiger partial charge on any atom is -0.269 e. The van der Waals surface area contributed by atoms with Crippen molar-refractivity contribution in [3.63, 3.8) is 0 Å². The van der Waals surface area contributed by atoms with Crippen molar-refractivity contribution in [3.8, 4) is 0 Å². The zero-order valence-electron chi connectivity index (χ0n) is 5.83. The van der Waals surface area contributed by atoms with Crippen LogP contribution in [0.4, 0.5) is 0 Å². The summed E-state index contributed by atoms with van der Waals surface area (Å²) in [6.45, 7) is 3.67. The Morgan fingerprint density at radius 1 is 1.70 bits per heavy atom. The Bertz CT molecular complexity index is 246. The van der Waals surface area contributed by atoms with Crippen LogP contribution in [0.15, 0.2) is 19.0 Å². The molecular formula is C8H10N2. The van der Waals surface area contributed by atoms with Crippen LogP contribution in [0.2, 0.25) is 0 Å². The summed E-state index contributed by atoms with van der Waals surface area (Å²) in [7, 11) is 0. The molecule has 2 rings (SSSR count). The molecule has 0 aliphatic heterocycles. The largest absolute Gasteiger partial charge is 0.269 e. The van der Waals surface area contributed by atoms with Crippen LogP contribution in [0.1, 0.15) is 24.4 Å². The zero-order valence-corrected chi connectivity index (χ0v) is 5.83. The second kappa shape index (κ2) is 1.97. The molecule has 1 aliphatic carbocycles. The summed E-state index contributed by atoms with van der Waals surface area (Å²) in [6, 6.07) is 0.689. The number of hydrogen-bond acceptors (Lipinski definition) is 1. The molecule has 2 nitrogen and oxygen atoms in total. The maximum absolute atomic E-state index is 4.19. The second-order valence-corrected chi connectivity index (χ2v) is 2.69. The summed E-state index contributed by atoms with van der Waals surface area (Å²) in [6.07, 6.45) is 8.30. The lowest BCUT2D eigenvalue weighted by molar-refractivity contribution is 0.641. The number of nitrogens with zero attached hydrogens (tertiary/aromatic N) is 2. The maximum Gasteiger partial charge on any atom is 0.0562 e. The van der Waals surface area contributed by atoms with Gasteiger partial charge in [-0.3, -0.25) is 4.68 Å². The van der Waals surface area contributed by atoms with Gasteiger partial charge in [-0.2, -0.15) is 5.10 Å². The average Bonchev–Trinajstić information content (AvgIpc) is 2.70. The van der Waals surface area contributed by atoms with Crippen molar-refractivity contribution in [1.29, 1.82) is 0 Å². The van der Waals surface area contributed by atoms with Gasteiger partial charge in [-0.05, 0) is 12.8 Å². The van der Waals surface area contributed by atoms with Gasteiger partial charge in [0, 0.05) is 11.8 Å². The third-order valence-electron chi connectivity index (χ3n) is 1.78. The molecule has 1 heterocycles. The van der Waals surface area contributed by atoms with Crippen LogP contribution in [0.25, 0.3) is 6.08 Å². The van der Waals surface area contributed by atoms with Crippen molar-refractivity contribution < 1.29 is 0 Å². The lowest BCUT2D eigenvalue weighted by Crippen LogP contribution is -1.91. The van der Waals surface area contributed by atoms with E-state index in [1.807, 2.05) is 23.2 Å². The van der Waals surface area contributed by atoms with Crippen molar-refractivity contribution in [2.75, 3.05) is 0 Å². The summed E-state index contributed by atoms with van der Waals surface area (Å²) in [5.74, 6) is 0. The summed E-state index contributed by atoms with van der Waals surface area (Å²) < 4.78 is 2.02. The summed E-state index contributed by atoms with van der Waals surface area (Å²) >= 11 is 0. The van der Waals surface area contributed by atoms with E-state index < -0.39 is 0 Å². The van der Waals surface area contributed by atoms with Gasteiger partial charge in [0.05, 0.1) is 12.2 Å². The molecular weight excluding hydrogens is 124 g/mol. The normalized spacial score (nSPS) is 17.2. The average molecular weight is 134 g/mol. The molecule has 1 fully saturated rings. The van der Waals surface area contributed by atoms with E-state index in [9.17, 15) is 0 Å². The Hall–Kier alpha value is -1.05. The van der Waals surface area contributed by atoms with Gasteiger partial charge in [0.2, 0.25) is 0 Å². The van der Waals surface area contributed by atoms with Gasteiger partial charge < -0.3 is 0 Å². The van der Waals surface area contributed by atoms with E-state index in [0.717, 1.165) is 5.56 Å². The highest BCUT2D eigenvalue weighted by atomic mass is 15.3. The fourth-order valence-electron chi connectivity index (χ4n) is 0.997. The summed E-state index contributed by atoms with van der Waals surface area (Å²) in [5.41, 5.74) is 1.12. The summed E-state index contributed by atoms with van der Waals surface area (Å²) in [4.78, 5) is 0. The smallest absolute Gasteiger partial charge is 0.0562 e. The molecule has 1 aliphatic rings. The van der Waals surface area contributed by atoms with Crippen molar-refractivity contribution in [1.82, 2.24) is 9.78 Å². The molecule has 52 valence electrons. The van der Waals surface area contributed by atoms with Gasteiger partial charge in [0.25, 0.3) is 0 Å². The van der Waals surface area contributed by atoms with Crippen molar-refractivity contribution in [2.45, 2.75) is 18.9 Å². The Kier molecular flexibility index (Phi) is 1.13. The zero-order chi connectivity index (χ0) is 6.97.